The molecule has 0 spiro atoms. The number of nitrogens with zero attached hydrogens (tertiary/aromatic N) is 4. The minimum Gasteiger partial charge on any atom is -0.494 e. The molecule has 0 saturated carbocycles. The normalized spacial score (nSPS) is 13.3. The fourth-order valence-electron chi connectivity index (χ4n) is 3.28. The van der Waals surface area contributed by atoms with Crippen molar-refractivity contribution in [1.29, 1.82) is 5.41 Å². The lowest BCUT2D eigenvalue weighted by molar-refractivity contribution is 0.340. The Labute approximate surface area is 157 Å². The van der Waals surface area contributed by atoms with Gasteiger partial charge in [-0.2, -0.15) is 0 Å². The molecule has 3 aromatic rings. The SMILES string of the molecule is CCOc1ccc(N)c(C(=N)c2ccnc(N3CCn4ccnc4C3)c2)c1. The van der Waals surface area contributed by atoms with Crippen molar-refractivity contribution in [3.63, 3.8) is 0 Å². The molecule has 0 atom stereocenters. The first-order valence-electron chi connectivity index (χ1n) is 8.98. The van der Waals surface area contributed by atoms with Crippen LogP contribution in [0.2, 0.25) is 0 Å². The molecule has 0 unspecified atom stereocenters. The molecule has 1 aromatic carbocycles. The molecule has 7 nitrogen and oxygen atoms in total. The number of pyridine rings is 1. The van der Waals surface area contributed by atoms with E-state index in [0.717, 1.165) is 30.3 Å². The van der Waals surface area contributed by atoms with Crippen molar-refractivity contribution < 1.29 is 4.74 Å². The number of benzene rings is 1. The number of hydrogen-bond acceptors (Lipinski definition) is 6. The zero-order valence-electron chi connectivity index (χ0n) is 15.2. The highest BCUT2D eigenvalue weighted by atomic mass is 16.5. The van der Waals surface area contributed by atoms with Crippen LogP contribution in [0.25, 0.3) is 0 Å². The van der Waals surface area contributed by atoms with Gasteiger partial charge in [0.1, 0.15) is 17.4 Å². The third-order valence-corrected chi connectivity index (χ3v) is 4.71. The molecule has 1 aliphatic rings. The van der Waals surface area contributed by atoms with Crippen molar-refractivity contribution in [3.05, 3.63) is 65.9 Å². The van der Waals surface area contributed by atoms with Crippen LogP contribution < -0.4 is 15.4 Å². The van der Waals surface area contributed by atoms with Crippen LogP contribution in [0.15, 0.2) is 48.9 Å². The van der Waals surface area contributed by atoms with Gasteiger partial charge >= 0.3 is 0 Å². The summed E-state index contributed by atoms with van der Waals surface area (Å²) in [6.45, 7) is 4.94. The number of nitrogens with two attached hydrogens (primary N) is 1. The number of hydrogen-bond donors (Lipinski definition) is 2. The first-order chi connectivity index (χ1) is 13.2. The summed E-state index contributed by atoms with van der Waals surface area (Å²) in [5.74, 6) is 2.58. The zero-order valence-corrected chi connectivity index (χ0v) is 15.2. The molecule has 138 valence electrons. The number of nitrogens with one attached hydrogen (secondary N) is 1. The molecule has 2 aromatic heterocycles. The third kappa shape index (κ3) is 3.36. The second kappa shape index (κ2) is 7.11. The van der Waals surface area contributed by atoms with Crippen molar-refractivity contribution in [2.75, 3.05) is 23.8 Å². The molecule has 1 aliphatic heterocycles. The molecule has 0 amide bonds. The summed E-state index contributed by atoms with van der Waals surface area (Å²) in [5.41, 5.74) is 8.46. The van der Waals surface area contributed by atoms with Gasteiger partial charge in [0.15, 0.2) is 0 Å². The van der Waals surface area contributed by atoms with E-state index in [-0.39, 0.29) is 0 Å². The van der Waals surface area contributed by atoms with E-state index in [9.17, 15) is 0 Å². The lowest BCUT2D eigenvalue weighted by Crippen LogP contribution is -2.34. The lowest BCUT2D eigenvalue weighted by Gasteiger charge is -2.28. The Morgan fingerprint density at radius 2 is 2.07 bits per heavy atom. The van der Waals surface area contributed by atoms with Gasteiger partial charge in [-0.15, -0.1) is 0 Å². The van der Waals surface area contributed by atoms with Crippen molar-refractivity contribution in [1.82, 2.24) is 14.5 Å². The van der Waals surface area contributed by atoms with E-state index in [4.69, 9.17) is 15.9 Å². The average molecular weight is 362 g/mol. The number of aromatic nitrogens is 3. The Bertz CT molecular complexity index is 980. The van der Waals surface area contributed by atoms with Gasteiger partial charge in [0.05, 0.1) is 18.9 Å². The number of rotatable bonds is 5. The Morgan fingerprint density at radius 3 is 2.93 bits per heavy atom. The molecular formula is C20H22N6O. The van der Waals surface area contributed by atoms with Crippen LogP contribution in [0.3, 0.4) is 0 Å². The summed E-state index contributed by atoms with van der Waals surface area (Å²) in [5, 5.41) is 8.65. The number of imidazole rings is 1. The highest BCUT2D eigenvalue weighted by Crippen LogP contribution is 2.25. The second-order valence-corrected chi connectivity index (χ2v) is 6.42. The van der Waals surface area contributed by atoms with Gasteiger partial charge in [0.2, 0.25) is 0 Å². The van der Waals surface area contributed by atoms with Gasteiger partial charge in [-0.1, -0.05) is 0 Å². The quantitative estimate of drug-likeness (QED) is 0.538. The minimum atomic E-state index is 0.358. The maximum Gasteiger partial charge on any atom is 0.129 e. The molecule has 0 bridgehead atoms. The van der Waals surface area contributed by atoms with Crippen LogP contribution in [-0.2, 0) is 13.1 Å². The summed E-state index contributed by atoms with van der Waals surface area (Å²) < 4.78 is 7.71. The van der Waals surface area contributed by atoms with Crippen molar-refractivity contribution in [3.8, 4) is 5.75 Å². The number of fused-ring (bicyclic) bond motifs is 1. The molecule has 0 saturated heterocycles. The minimum absolute atomic E-state index is 0.358. The summed E-state index contributed by atoms with van der Waals surface area (Å²) in [6.07, 6.45) is 5.57. The van der Waals surface area contributed by atoms with Gasteiger partial charge in [0.25, 0.3) is 0 Å². The van der Waals surface area contributed by atoms with Crippen LogP contribution in [0.5, 0.6) is 5.75 Å². The van der Waals surface area contributed by atoms with E-state index in [1.54, 1.807) is 12.3 Å². The molecule has 4 rings (SSSR count). The predicted octanol–water partition coefficient (Wildman–Crippen LogP) is 2.70. The molecule has 7 heteroatoms. The summed E-state index contributed by atoms with van der Waals surface area (Å²) in [7, 11) is 0. The van der Waals surface area contributed by atoms with Crippen LogP contribution in [-0.4, -0.2) is 33.4 Å². The van der Waals surface area contributed by atoms with Crippen LogP contribution in [0, 0.1) is 5.41 Å². The van der Waals surface area contributed by atoms with E-state index in [2.05, 4.69) is 19.4 Å². The Kier molecular flexibility index (Phi) is 4.50. The number of nitrogen functional groups attached to an aromatic ring is 1. The topological polar surface area (TPSA) is 93.0 Å². The highest BCUT2D eigenvalue weighted by Gasteiger charge is 2.19. The maximum absolute atomic E-state index is 8.65. The Morgan fingerprint density at radius 1 is 1.19 bits per heavy atom. The van der Waals surface area contributed by atoms with E-state index >= 15 is 0 Å². The molecular weight excluding hydrogens is 340 g/mol. The van der Waals surface area contributed by atoms with Crippen molar-refractivity contribution in [2.24, 2.45) is 0 Å². The first-order valence-corrected chi connectivity index (χ1v) is 8.98. The molecule has 0 fully saturated rings. The fraction of sp³-hybridized carbons (Fsp3) is 0.250. The molecule has 3 N–H and O–H groups in total. The Balaban J connectivity index is 1.61. The Hall–Kier alpha value is -3.35. The summed E-state index contributed by atoms with van der Waals surface area (Å²) in [4.78, 5) is 11.1. The number of anilines is 2. The van der Waals surface area contributed by atoms with Crippen LogP contribution in [0.4, 0.5) is 11.5 Å². The van der Waals surface area contributed by atoms with E-state index in [1.165, 1.54) is 0 Å². The maximum atomic E-state index is 8.65. The van der Waals surface area contributed by atoms with E-state index in [0.29, 0.717) is 35.9 Å². The zero-order chi connectivity index (χ0) is 18.8. The van der Waals surface area contributed by atoms with E-state index in [1.807, 2.05) is 43.6 Å². The smallest absolute Gasteiger partial charge is 0.129 e. The van der Waals surface area contributed by atoms with Gasteiger partial charge in [-0.05, 0) is 37.3 Å². The monoisotopic (exact) mass is 362 g/mol. The molecule has 0 radical (unpaired) electrons. The predicted molar refractivity (Wildman–Crippen MR) is 105 cm³/mol. The second-order valence-electron chi connectivity index (χ2n) is 6.42. The van der Waals surface area contributed by atoms with Gasteiger partial charge in [0, 0.05) is 48.5 Å². The summed E-state index contributed by atoms with van der Waals surface area (Å²) >= 11 is 0. The third-order valence-electron chi connectivity index (χ3n) is 4.71. The molecule has 27 heavy (non-hydrogen) atoms. The summed E-state index contributed by atoms with van der Waals surface area (Å²) in [6, 6.07) is 9.20. The van der Waals surface area contributed by atoms with Gasteiger partial charge in [-0.3, -0.25) is 5.41 Å². The van der Waals surface area contributed by atoms with Gasteiger partial charge in [-0.25, -0.2) is 9.97 Å². The standard InChI is InChI=1S/C20H22N6O/c1-2-27-15-3-4-17(21)16(12-15)20(22)14-5-6-23-18(11-14)26-10-9-25-8-7-24-19(25)13-26/h3-8,11-12,22H,2,9-10,13,21H2,1H3. The van der Waals surface area contributed by atoms with Crippen molar-refractivity contribution >= 4 is 17.2 Å². The van der Waals surface area contributed by atoms with E-state index < -0.39 is 0 Å². The lowest BCUT2D eigenvalue weighted by atomic mass is 10.0. The fourth-order valence-corrected chi connectivity index (χ4v) is 3.28. The van der Waals surface area contributed by atoms with Crippen LogP contribution in [0.1, 0.15) is 23.9 Å². The van der Waals surface area contributed by atoms with Gasteiger partial charge < -0.3 is 19.9 Å². The molecule has 0 aliphatic carbocycles. The van der Waals surface area contributed by atoms with Crippen molar-refractivity contribution in [2.45, 2.75) is 20.0 Å². The highest BCUT2D eigenvalue weighted by molar-refractivity contribution is 6.14. The number of ether oxygens (including phenoxy) is 1. The average Bonchev–Trinajstić information content (AvgIpc) is 3.17. The first kappa shape index (κ1) is 17.1. The van der Waals surface area contributed by atoms with Crippen LogP contribution >= 0.6 is 0 Å². The molecule has 3 heterocycles. The largest absolute Gasteiger partial charge is 0.494 e.